The van der Waals surface area contributed by atoms with E-state index in [0.29, 0.717) is 0 Å². The Kier molecular flexibility index (Phi) is 3.18. The third-order valence-corrected chi connectivity index (χ3v) is 3.63. The van der Waals surface area contributed by atoms with E-state index < -0.39 is 0 Å². The number of hydrogen-bond acceptors (Lipinski definition) is 4. The van der Waals surface area contributed by atoms with Gasteiger partial charge in [0.25, 0.3) is 0 Å². The van der Waals surface area contributed by atoms with Crippen molar-refractivity contribution in [2.45, 2.75) is 0 Å². The van der Waals surface area contributed by atoms with Crippen molar-refractivity contribution >= 4 is 29.5 Å². The fourth-order valence-electron chi connectivity index (χ4n) is 2.60. The summed E-state index contributed by atoms with van der Waals surface area (Å²) >= 11 is 0. The zero-order valence-electron chi connectivity index (χ0n) is 12.9. The van der Waals surface area contributed by atoms with Crippen LogP contribution >= 0.6 is 0 Å². The highest BCUT2D eigenvalue weighted by Gasteiger charge is 2.05. The van der Waals surface area contributed by atoms with Gasteiger partial charge >= 0.3 is 7.69 Å². The van der Waals surface area contributed by atoms with Crippen molar-refractivity contribution < 1.29 is 9.31 Å². The highest BCUT2D eigenvalue weighted by molar-refractivity contribution is 6.20. The van der Waals surface area contributed by atoms with Gasteiger partial charge in [0, 0.05) is 37.3 Å². The van der Waals surface area contributed by atoms with Crippen LogP contribution in [-0.4, -0.2) is 27.2 Å². The van der Waals surface area contributed by atoms with Gasteiger partial charge in [-0.1, -0.05) is 0 Å². The fourth-order valence-corrected chi connectivity index (χ4v) is 2.60. The van der Waals surface area contributed by atoms with E-state index in [-0.39, 0.29) is 7.69 Å². The first-order valence-electron chi connectivity index (χ1n) is 7.30. The SMILES string of the molecule is Cn1cc2cc(OBOc3ccc4nn(C)cc4c3)ccc2n1. The lowest BCUT2D eigenvalue weighted by Gasteiger charge is -2.07. The molecule has 0 spiro atoms. The van der Waals surface area contributed by atoms with Crippen LogP contribution in [0.5, 0.6) is 11.5 Å². The first kappa shape index (κ1) is 13.7. The molecule has 7 heteroatoms. The van der Waals surface area contributed by atoms with Gasteiger partial charge in [-0.05, 0) is 36.4 Å². The van der Waals surface area contributed by atoms with E-state index in [1.54, 1.807) is 9.36 Å². The molecular formula is C16H15BN4O2. The predicted octanol–water partition coefficient (Wildman–Crippen LogP) is 2.18. The van der Waals surface area contributed by atoms with Crippen LogP contribution in [0, 0.1) is 0 Å². The highest BCUT2D eigenvalue weighted by atomic mass is 16.6. The van der Waals surface area contributed by atoms with Crippen LogP contribution in [0.25, 0.3) is 21.8 Å². The van der Waals surface area contributed by atoms with Gasteiger partial charge in [0.05, 0.1) is 11.0 Å². The molecule has 6 nitrogen and oxygen atoms in total. The summed E-state index contributed by atoms with van der Waals surface area (Å²) in [5.74, 6) is 1.51. The standard InChI is InChI=1S/C16H15BN4O2/c1-20-9-11-7-13(3-5-15(11)18-20)22-17-23-14-4-6-16-12(8-14)10-21(2)19-16/h3-10,17H,1-2H3. The number of aromatic nitrogens is 4. The van der Waals surface area contributed by atoms with Gasteiger partial charge in [0.1, 0.15) is 11.5 Å². The van der Waals surface area contributed by atoms with Gasteiger partial charge < -0.3 is 9.31 Å². The van der Waals surface area contributed by atoms with Crippen LogP contribution in [0.15, 0.2) is 48.8 Å². The minimum absolute atomic E-state index is 0.150. The third-order valence-electron chi connectivity index (χ3n) is 3.63. The van der Waals surface area contributed by atoms with Crippen LogP contribution in [0.4, 0.5) is 0 Å². The summed E-state index contributed by atoms with van der Waals surface area (Å²) in [7, 11) is 3.95. The molecule has 4 aromatic rings. The second kappa shape index (κ2) is 5.35. The molecule has 23 heavy (non-hydrogen) atoms. The molecule has 4 rings (SSSR count). The molecule has 0 atom stereocenters. The zero-order chi connectivity index (χ0) is 15.8. The van der Waals surface area contributed by atoms with Crippen LogP contribution in [-0.2, 0) is 14.1 Å². The van der Waals surface area contributed by atoms with E-state index in [9.17, 15) is 0 Å². The monoisotopic (exact) mass is 306 g/mol. The van der Waals surface area contributed by atoms with Gasteiger partial charge in [-0.2, -0.15) is 10.2 Å². The molecule has 2 heterocycles. The molecule has 0 saturated heterocycles. The molecule has 0 radical (unpaired) electrons. The van der Waals surface area contributed by atoms with Crippen LogP contribution in [0.3, 0.4) is 0 Å². The summed E-state index contributed by atoms with van der Waals surface area (Å²) in [6, 6.07) is 11.6. The second-order valence-corrected chi connectivity index (χ2v) is 5.45. The molecule has 0 aliphatic carbocycles. The molecule has 0 bridgehead atoms. The zero-order valence-corrected chi connectivity index (χ0v) is 12.9. The van der Waals surface area contributed by atoms with E-state index >= 15 is 0 Å². The van der Waals surface area contributed by atoms with Crippen molar-refractivity contribution in [1.29, 1.82) is 0 Å². The Labute approximate surface area is 133 Å². The topological polar surface area (TPSA) is 54.1 Å². The van der Waals surface area contributed by atoms with Crippen LogP contribution in [0.1, 0.15) is 0 Å². The molecule has 0 saturated carbocycles. The van der Waals surface area contributed by atoms with E-state index in [1.807, 2.05) is 62.9 Å². The Bertz CT molecular complexity index is 912. The highest BCUT2D eigenvalue weighted by Crippen LogP contribution is 2.21. The van der Waals surface area contributed by atoms with Crippen molar-refractivity contribution in [2.24, 2.45) is 14.1 Å². The van der Waals surface area contributed by atoms with Crippen molar-refractivity contribution in [3.63, 3.8) is 0 Å². The predicted molar refractivity (Wildman–Crippen MR) is 89.8 cm³/mol. The van der Waals surface area contributed by atoms with Crippen LogP contribution < -0.4 is 9.31 Å². The molecule has 114 valence electrons. The average molecular weight is 306 g/mol. The molecule has 0 aliphatic rings. The minimum Gasteiger partial charge on any atom is -0.529 e. The minimum atomic E-state index is 0.150. The first-order chi connectivity index (χ1) is 11.2. The number of hydrogen-bond donors (Lipinski definition) is 0. The van der Waals surface area contributed by atoms with E-state index in [1.165, 1.54) is 0 Å². The molecular weight excluding hydrogens is 291 g/mol. The Balaban J connectivity index is 1.44. The summed E-state index contributed by atoms with van der Waals surface area (Å²) in [6.45, 7) is 0. The maximum atomic E-state index is 5.66. The Morgan fingerprint density at radius 3 is 1.74 bits per heavy atom. The fraction of sp³-hybridized carbons (Fsp3) is 0.125. The van der Waals surface area contributed by atoms with Crippen LogP contribution in [0.2, 0.25) is 0 Å². The number of aryl methyl sites for hydroxylation is 2. The summed E-state index contributed by atoms with van der Waals surface area (Å²) in [5.41, 5.74) is 1.89. The molecule has 0 fully saturated rings. The van der Waals surface area contributed by atoms with Crippen molar-refractivity contribution in [1.82, 2.24) is 19.6 Å². The van der Waals surface area contributed by atoms with Gasteiger partial charge in [-0.15, -0.1) is 0 Å². The molecule has 0 unspecified atom stereocenters. The van der Waals surface area contributed by atoms with Crippen molar-refractivity contribution in [3.05, 3.63) is 48.8 Å². The lowest BCUT2D eigenvalue weighted by atomic mass is 10.2. The summed E-state index contributed by atoms with van der Waals surface area (Å²) in [5, 5.41) is 10.8. The number of benzene rings is 2. The van der Waals surface area contributed by atoms with Crippen molar-refractivity contribution in [3.8, 4) is 11.5 Å². The molecule has 2 aromatic heterocycles. The smallest absolute Gasteiger partial charge is 0.529 e. The largest absolute Gasteiger partial charge is 0.576 e. The molecule has 0 amide bonds. The summed E-state index contributed by atoms with van der Waals surface area (Å²) in [6.07, 6.45) is 3.92. The number of nitrogens with zero attached hydrogens (tertiary/aromatic N) is 4. The van der Waals surface area contributed by atoms with E-state index in [4.69, 9.17) is 9.31 Å². The maximum absolute atomic E-state index is 5.66. The Morgan fingerprint density at radius 2 is 1.26 bits per heavy atom. The normalized spacial score (nSPS) is 11.0. The summed E-state index contributed by atoms with van der Waals surface area (Å²) in [4.78, 5) is 0. The summed E-state index contributed by atoms with van der Waals surface area (Å²) < 4.78 is 14.9. The Hall–Kier alpha value is -2.96. The molecule has 0 N–H and O–H groups in total. The number of fused-ring (bicyclic) bond motifs is 2. The lowest BCUT2D eigenvalue weighted by molar-refractivity contribution is 0.460. The lowest BCUT2D eigenvalue weighted by Crippen LogP contribution is -2.10. The third kappa shape index (κ3) is 2.73. The molecule has 0 aliphatic heterocycles. The van der Waals surface area contributed by atoms with Crippen molar-refractivity contribution in [2.75, 3.05) is 0 Å². The first-order valence-corrected chi connectivity index (χ1v) is 7.30. The van der Waals surface area contributed by atoms with E-state index in [0.717, 1.165) is 33.3 Å². The molecule has 2 aromatic carbocycles. The van der Waals surface area contributed by atoms with Gasteiger partial charge in [-0.3, -0.25) is 9.36 Å². The van der Waals surface area contributed by atoms with E-state index in [2.05, 4.69) is 10.2 Å². The average Bonchev–Trinajstić information content (AvgIpc) is 3.06. The number of rotatable bonds is 4. The van der Waals surface area contributed by atoms with Gasteiger partial charge in [0.2, 0.25) is 0 Å². The maximum Gasteiger partial charge on any atom is 0.576 e. The van der Waals surface area contributed by atoms with Gasteiger partial charge in [-0.25, -0.2) is 0 Å². The second-order valence-electron chi connectivity index (χ2n) is 5.45. The quantitative estimate of drug-likeness (QED) is 0.542. The van der Waals surface area contributed by atoms with Gasteiger partial charge in [0.15, 0.2) is 0 Å². The Morgan fingerprint density at radius 1 is 0.783 bits per heavy atom.